The van der Waals surface area contributed by atoms with Gasteiger partial charge in [0.25, 0.3) is 0 Å². The molecule has 5 heteroatoms. The van der Waals surface area contributed by atoms with Crippen molar-refractivity contribution in [2.75, 3.05) is 5.32 Å². The molecule has 0 unspecified atom stereocenters. The van der Waals surface area contributed by atoms with Crippen LogP contribution in [-0.2, 0) is 0 Å². The van der Waals surface area contributed by atoms with E-state index in [0.717, 1.165) is 25.7 Å². The van der Waals surface area contributed by atoms with Crippen LogP contribution >= 0.6 is 0 Å². The zero-order valence-electron chi connectivity index (χ0n) is 9.98. The van der Waals surface area contributed by atoms with Gasteiger partial charge in [-0.05, 0) is 37.1 Å². The van der Waals surface area contributed by atoms with Gasteiger partial charge in [0.05, 0.1) is 5.56 Å². The molecule has 0 atom stereocenters. The maximum atomic E-state index is 11.6. The summed E-state index contributed by atoms with van der Waals surface area (Å²) in [6, 6.07) is 6.13. The Balaban J connectivity index is 1.88. The van der Waals surface area contributed by atoms with E-state index in [1.165, 1.54) is 12.1 Å². The largest absolute Gasteiger partial charge is 0.478 e. The number of rotatable bonds is 3. The molecule has 1 aliphatic carbocycles. The highest BCUT2D eigenvalue weighted by Gasteiger charge is 2.16. The van der Waals surface area contributed by atoms with E-state index < -0.39 is 5.97 Å². The lowest BCUT2D eigenvalue weighted by Gasteiger charge is -2.12. The van der Waals surface area contributed by atoms with Crippen LogP contribution in [0.3, 0.4) is 0 Å². The van der Waals surface area contributed by atoms with Gasteiger partial charge in [-0.3, -0.25) is 0 Å². The Morgan fingerprint density at radius 3 is 2.28 bits per heavy atom. The molecule has 18 heavy (non-hydrogen) atoms. The lowest BCUT2D eigenvalue weighted by atomic mass is 10.2. The van der Waals surface area contributed by atoms with Crippen LogP contribution in [0.15, 0.2) is 24.3 Å². The van der Waals surface area contributed by atoms with E-state index in [0.29, 0.717) is 5.69 Å². The van der Waals surface area contributed by atoms with Crippen LogP contribution in [-0.4, -0.2) is 23.1 Å². The number of carboxylic acid groups (broad SMARTS) is 1. The molecule has 0 bridgehead atoms. The fourth-order valence-electron chi connectivity index (χ4n) is 2.12. The fourth-order valence-corrected chi connectivity index (χ4v) is 2.12. The summed E-state index contributed by atoms with van der Waals surface area (Å²) in [6.45, 7) is 0. The van der Waals surface area contributed by atoms with E-state index >= 15 is 0 Å². The Hall–Kier alpha value is -2.04. The molecule has 0 saturated heterocycles. The highest BCUT2D eigenvalue weighted by Crippen LogP contribution is 2.17. The van der Waals surface area contributed by atoms with Crippen molar-refractivity contribution in [1.29, 1.82) is 0 Å². The van der Waals surface area contributed by atoms with Crippen molar-refractivity contribution in [1.82, 2.24) is 5.32 Å². The Morgan fingerprint density at radius 2 is 1.72 bits per heavy atom. The number of hydrogen-bond donors (Lipinski definition) is 3. The Kier molecular flexibility index (Phi) is 3.82. The smallest absolute Gasteiger partial charge is 0.335 e. The van der Waals surface area contributed by atoms with Crippen LogP contribution in [0.1, 0.15) is 36.0 Å². The predicted molar refractivity (Wildman–Crippen MR) is 67.8 cm³/mol. The van der Waals surface area contributed by atoms with E-state index in [9.17, 15) is 9.59 Å². The van der Waals surface area contributed by atoms with Crippen molar-refractivity contribution in [2.24, 2.45) is 0 Å². The third kappa shape index (κ3) is 3.23. The molecule has 96 valence electrons. The number of carboxylic acids is 1. The molecule has 0 aliphatic heterocycles. The SMILES string of the molecule is O=C(Nc1ccc(C(=O)O)cc1)NC1CCCC1. The average molecular weight is 248 g/mol. The van der Waals surface area contributed by atoms with Gasteiger partial charge in [0.1, 0.15) is 0 Å². The Morgan fingerprint density at radius 1 is 1.11 bits per heavy atom. The summed E-state index contributed by atoms with van der Waals surface area (Å²) in [5, 5.41) is 14.3. The second kappa shape index (κ2) is 5.53. The Bertz CT molecular complexity index is 436. The third-order valence-electron chi connectivity index (χ3n) is 3.08. The van der Waals surface area contributed by atoms with E-state index in [4.69, 9.17) is 5.11 Å². The number of nitrogens with one attached hydrogen (secondary N) is 2. The molecule has 0 spiro atoms. The van der Waals surface area contributed by atoms with Crippen molar-refractivity contribution in [3.05, 3.63) is 29.8 Å². The third-order valence-corrected chi connectivity index (χ3v) is 3.08. The summed E-state index contributed by atoms with van der Waals surface area (Å²) < 4.78 is 0. The van der Waals surface area contributed by atoms with Crippen LogP contribution in [0, 0.1) is 0 Å². The number of aromatic carboxylic acids is 1. The second-order valence-electron chi connectivity index (χ2n) is 4.46. The normalized spacial score (nSPS) is 15.3. The highest BCUT2D eigenvalue weighted by atomic mass is 16.4. The molecule has 5 nitrogen and oxygen atoms in total. The van der Waals surface area contributed by atoms with Gasteiger partial charge in [-0.1, -0.05) is 12.8 Å². The lowest BCUT2D eigenvalue weighted by Crippen LogP contribution is -2.36. The summed E-state index contributed by atoms with van der Waals surface area (Å²) in [6.07, 6.45) is 4.40. The molecule has 1 aliphatic rings. The summed E-state index contributed by atoms with van der Waals surface area (Å²) in [7, 11) is 0. The molecule has 0 radical (unpaired) electrons. The lowest BCUT2D eigenvalue weighted by molar-refractivity contribution is 0.0697. The van der Waals surface area contributed by atoms with Crippen molar-refractivity contribution < 1.29 is 14.7 Å². The molecule has 3 N–H and O–H groups in total. The number of urea groups is 1. The number of hydrogen-bond acceptors (Lipinski definition) is 2. The van der Waals surface area contributed by atoms with Gasteiger partial charge in [0.15, 0.2) is 0 Å². The first-order chi connectivity index (χ1) is 8.65. The Labute approximate surface area is 105 Å². The number of amides is 2. The minimum absolute atomic E-state index is 0.205. The van der Waals surface area contributed by atoms with Crippen LogP contribution in [0.2, 0.25) is 0 Å². The molecule has 0 aromatic heterocycles. The van der Waals surface area contributed by atoms with Gasteiger partial charge in [-0.25, -0.2) is 9.59 Å². The first kappa shape index (κ1) is 12.4. The van der Waals surface area contributed by atoms with Crippen molar-refractivity contribution in [3.8, 4) is 0 Å². The number of anilines is 1. The second-order valence-corrected chi connectivity index (χ2v) is 4.46. The molecular weight excluding hydrogens is 232 g/mol. The maximum Gasteiger partial charge on any atom is 0.335 e. The summed E-state index contributed by atoms with van der Waals surface area (Å²) in [5.74, 6) is -0.975. The van der Waals surface area contributed by atoms with Gasteiger partial charge in [0.2, 0.25) is 0 Å². The van der Waals surface area contributed by atoms with Gasteiger partial charge in [0, 0.05) is 11.7 Å². The number of benzene rings is 1. The molecule has 1 saturated carbocycles. The molecule has 2 amide bonds. The molecule has 0 heterocycles. The summed E-state index contributed by atoms with van der Waals surface area (Å²) in [4.78, 5) is 22.3. The fraction of sp³-hybridized carbons (Fsp3) is 0.385. The molecule has 1 aromatic rings. The van der Waals surface area contributed by atoms with E-state index in [2.05, 4.69) is 10.6 Å². The van der Waals surface area contributed by atoms with Crippen molar-refractivity contribution in [3.63, 3.8) is 0 Å². The highest BCUT2D eigenvalue weighted by molar-refractivity contribution is 5.91. The average Bonchev–Trinajstić information content (AvgIpc) is 2.82. The van der Waals surface area contributed by atoms with Crippen LogP contribution in [0.25, 0.3) is 0 Å². The van der Waals surface area contributed by atoms with Crippen molar-refractivity contribution >= 4 is 17.7 Å². The zero-order valence-corrected chi connectivity index (χ0v) is 9.98. The van der Waals surface area contributed by atoms with E-state index in [-0.39, 0.29) is 17.6 Å². The summed E-state index contributed by atoms with van der Waals surface area (Å²) >= 11 is 0. The monoisotopic (exact) mass is 248 g/mol. The van der Waals surface area contributed by atoms with Gasteiger partial charge in [-0.15, -0.1) is 0 Å². The van der Waals surface area contributed by atoms with E-state index in [1.807, 2.05) is 0 Å². The minimum Gasteiger partial charge on any atom is -0.478 e. The van der Waals surface area contributed by atoms with Gasteiger partial charge >= 0.3 is 12.0 Å². The van der Waals surface area contributed by atoms with Gasteiger partial charge < -0.3 is 15.7 Å². The molecule has 1 aromatic carbocycles. The topological polar surface area (TPSA) is 78.4 Å². The van der Waals surface area contributed by atoms with E-state index in [1.54, 1.807) is 12.1 Å². The zero-order chi connectivity index (χ0) is 13.0. The standard InChI is InChI=1S/C13H16N2O3/c16-12(17)9-5-7-11(8-6-9)15-13(18)14-10-3-1-2-4-10/h5-8,10H,1-4H2,(H,16,17)(H2,14,15,18). The number of carbonyl (C=O) groups is 2. The van der Waals surface area contributed by atoms with Crippen molar-refractivity contribution in [2.45, 2.75) is 31.7 Å². The quantitative estimate of drug-likeness (QED) is 0.768. The predicted octanol–water partition coefficient (Wildman–Crippen LogP) is 2.45. The van der Waals surface area contributed by atoms with Gasteiger partial charge in [-0.2, -0.15) is 0 Å². The minimum atomic E-state index is -0.975. The molecule has 2 rings (SSSR count). The van der Waals surface area contributed by atoms with Crippen LogP contribution in [0.5, 0.6) is 0 Å². The maximum absolute atomic E-state index is 11.6. The number of carbonyl (C=O) groups excluding carboxylic acids is 1. The first-order valence-electron chi connectivity index (χ1n) is 6.06. The summed E-state index contributed by atoms with van der Waals surface area (Å²) in [5.41, 5.74) is 0.798. The van der Waals surface area contributed by atoms with Crippen LogP contribution in [0.4, 0.5) is 10.5 Å². The molecule has 1 fully saturated rings. The first-order valence-corrected chi connectivity index (χ1v) is 6.06. The molecular formula is C13H16N2O3. The van der Waals surface area contributed by atoms with Crippen LogP contribution < -0.4 is 10.6 Å².